The van der Waals surface area contributed by atoms with E-state index in [-0.39, 0.29) is 55.0 Å². The monoisotopic (exact) mass is 630 g/mol. The molecule has 0 saturated carbocycles. The number of nitrogens with one attached hydrogen (secondary N) is 2. The van der Waals surface area contributed by atoms with Gasteiger partial charge in [0.15, 0.2) is 0 Å². The summed E-state index contributed by atoms with van der Waals surface area (Å²) < 4.78 is 0. The Kier molecular flexibility index (Phi) is 11.7. The number of amides is 2. The van der Waals surface area contributed by atoms with E-state index in [0.29, 0.717) is 37.7 Å². The van der Waals surface area contributed by atoms with E-state index in [1.165, 1.54) is 0 Å². The normalized spacial score (nSPS) is 13.9. The molecule has 0 bridgehead atoms. The second kappa shape index (κ2) is 14.7. The molecule has 4 aromatic rings. The van der Waals surface area contributed by atoms with Crippen molar-refractivity contribution in [1.29, 1.82) is 0 Å². The topological polar surface area (TPSA) is 107 Å². The highest BCUT2D eigenvalue weighted by molar-refractivity contribution is 6.30. The zero-order valence-corrected chi connectivity index (χ0v) is 26.1. The van der Waals surface area contributed by atoms with Crippen LogP contribution in [0, 0.1) is 0 Å². The number of nitrogens with two attached hydrogens (primary N) is 1. The van der Waals surface area contributed by atoms with Crippen LogP contribution in [0.3, 0.4) is 0 Å². The minimum absolute atomic E-state index is 0. The maximum absolute atomic E-state index is 13.8. The van der Waals surface area contributed by atoms with Crippen LogP contribution >= 0.6 is 36.4 Å². The number of fused-ring (bicyclic) bond motifs is 1. The summed E-state index contributed by atoms with van der Waals surface area (Å²) in [5, 5.41) is 5.13. The molecule has 0 aliphatic carbocycles. The molecule has 2 aromatic heterocycles. The first-order valence-corrected chi connectivity index (χ1v) is 14.0. The number of benzene rings is 2. The summed E-state index contributed by atoms with van der Waals surface area (Å²) in [6.07, 6.45) is 3.96. The number of nitrogens with zero attached hydrogens (tertiary/aromatic N) is 3. The second-order valence-corrected chi connectivity index (χ2v) is 11.0. The Morgan fingerprint density at radius 2 is 1.76 bits per heavy atom. The van der Waals surface area contributed by atoms with Gasteiger partial charge < -0.3 is 25.8 Å². The van der Waals surface area contributed by atoms with Crippen LogP contribution in [0.25, 0.3) is 22.2 Å². The number of hydrogen-bond acceptors (Lipinski definition) is 5. The van der Waals surface area contributed by atoms with Gasteiger partial charge in [-0.25, -0.2) is 4.98 Å². The highest BCUT2D eigenvalue weighted by Gasteiger charge is 2.30. The van der Waals surface area contributed by atoms with Crippen LogP contribution in [0.4, 0.5) is 5.69 Å². The molecule has 2 aromatic carbocycles. The summed E-state index contributed by atoms with van der Waals surface area (Å²) >= 11 is 6.12. The predicted molar refractivity (Wildman–Crippen MR) is 175 cm³/mol. The van der Waals surface area contributed by atoms with Gasteiger partial charge in [0.1, 0.15) is 5.65 Å². The zero-order chi connectivity index (χ0) is 28.2. The summed E-state index contributed by atoms with van der Waals surface area (Å²) in [5.74, 6) is -0.527. The number of hydrogen-bond donors (Lipinski definition) is 3. The van der Waals surface area contributed by atoms with Gasteiger partial charge in [0.2, 0.25) is 11.8 Å². The fourth-order valence-electron chi connectivity index (χ4n) is 5.36. The molecule has 1 fully saturated rings. The number of aromatic nitrogens is 2. The summed E-state index contributed by atoms with van der Waals surface area (Å²) in [4.78, 5) is 37.5. The largest absolute Gasteiger partial charge is 0.369 e. The van der Waals surface area contributed by atoms with Crippen molar-refractivity contribution in [2.45, 2.75) is 32.2 Å². The Balaban J connectivity index is 0.00000242. The molecule has 4 N–H and O–H groups in total. The van der Waals surface area contributed by atoms with E-state index < -0.39 is 0 Å². The van der Waals surface area contributed by atoms with Crippen molar-refractivity contribution in [3.05, 3.63) is 83.1 Å². The van der Waals surface area contributed by atoms with Crippen LogP contribution in [0.1, 0.15) is 30.9 Å². The first-order valence-electron chi connectivity index (χ1n) is 13.7. The Hall–Kier alpha value is -3.30. The highest BCUT2D eigenvalue weighted by atomic mass is 35.5. The first kappa shape index (κ1) is 33.2. The molecule has 0 spiro atoms. The van der Waals surface area contributed by atoms with Crippen molar-refractivity contribution in [3.8, 4) is 11.1 Å². The summed E-state index contributed by atoms with van der Waals surface area (Å²) in [6.45, 7) is 7.34. The van der Waals surface area contributed by atoms with E-state index in [9.17, 15) is 9.59 Å². The molecule has 1 aliphatic rings. The summed E-state index contributed by atoms with van der Waals surface area (Å²) in [6, 6.07) is 17.8. The van der Waals surface area contributed by atoms with Gasteiger partial charge in [-0.15, -0.1) is 24.8 Å². The zero-order valence-electron chi connectivity index (χ0n) is 23.7. The van der Waals surface area contributed by atoms with E-state index in [2.05, 4.69) is 34.0 Å². The molecule has 2 amide bonds. The van der Waals surface area contributed by atoms with Crippen LogP contribution in [0.2, 0.25) is 5.02 Å². The third-order valence-corrected chi connectivity index (χ3v) is 7.63. The van der Waals surface area contributed by atoms with Gasteiger partial charge >= 0.3 is 0 Å². The van der Waals surface area contributed by atoms with Crippen LogP contribution in [-0.2, 0) is 16.0 Å². The smallest absolute Gasteiger partial charge is 0.231 e. The number of carbonyl (C=O) groups excluding carboxylic acids is 2. The van der Waals surface area contributed by atoms with Gasteiger partial charge in [0.05, 0.1) is 18.0 Å². The number of piperazine rings is 1. The van der Waals surface area contributed by atoms with E-state index in [4.69, 9.17) is 17.3 Å². The van der Waals surface area contributed by atoms with Crippen LogP contribution < -0.4 is 16.0 Å². The van der Waals surface area contributed by atoms with Gasteiger partial charge in [-0.1, -0.05) is 61.8 Å². The number of anilines is 1. The van der Waals surface area contributed by atoms with Crippen molar-refractivity contribution in [3.63, 3.8) is 0 Å². The van der Waals surface area contributed by atoms with Gasteiger partial charge in [0, 0.05) is 67.1 Å². The molecule has 224 valence electrons. The average molecular weight is 632 g/mol. The molecular formula is C31H37Cl3N6O2. The Morgan fingerprint density at radius 3 is 2.43 bits per heavy atom. The number of halogens is 3. The van der Waals surface area contributed by atoms with Crippen molar-refractivity contribution in [2.24, 2.45) is 5.73 Å². The Labute approximate surface area is 263 Å². The van der Waals surface area contributed by atoms with E-state index in [1.807, 2.05) is 71.9 Å². The maximum atomic E-state index is 13.8. The van der Waals surface area contributed by atoms with Crippen molar-refractivity contribution < 1.29 is 9.59 Å². The first-order chi connectivity index (χ1) is 19.3. The third-order valence-electron chi connectivity index (χ3n) is 7.38. The summed E-state index contributed by atoms with van der Waals surface area (Å²) in [7, 11) is 0. The van der Waals surface area contributed by atoms with Gasteiger partial charge in [0.25, 0.3) is 0 Å². The highest BCUT2D eigenvalue weighted by Crippen LogP contribution is 2.37. The predicted octanol–water partition coefficient (Wildman–Crippen LogP) is 5.19. The SMILES string of the molecule is CC(C)NC[C@@H](C(=O)N1CCN(c2c(-c3cccc(CC(N)=O)c3)cnc3[nH]ccc23)CC1)c1ccc(Cl)cc1.Cl.Cl. The second-order valence-electron chi connectivity index (χ2n) is 10.6. The number of carbonyl (C=O) groups is 2. The lowest BCUT2D eigenvalue weighted by atomic mass is 9.96. The number of pyridine rings is 1. The molecule has 3 heterocycles. The Morgan fingerprint density at radius 1 is 1.05 bits per heavy atom. The average Bonchev–Trinajstić information content (AvgIpc) is 3.42. The summed E-state index contributed by atoms with van der Waals surface area (Å²) in [5.41, 5.74) is 11.1. The lowest BCUT2D eigenvalue weighted by Crippen LogP contribution is -2.51. The van der Waals surface area contributed by atoms with E-state index in [0.717, 1.165) is 39.0 Å². The molecule has 1 saturated heterocycles. The minimum Gasteiger partial charge on any atom is -0.369 e. The van der Waals surface area contributed by atoms with Gasteiger partial charge in [-0.2, -0.15) is 0 Å². The molecule has 0 radical (unpaired) electrons. The molecule has 1 aliphatic heterocycles. The van der Waals surface area contributed by atoms with Crippen molar-refractivity contribution in [1.82, 2.24) is 20.2 Å². The van der Waals surface area contributed by atoms with E-state index >= 15 is 0 Å². The number of primary amides is 1. The molecule has 0 unspecified atom stereocenters. The number of rotatable bonds is 9. The molecular weight excluding hydrogens is 595 g/mol. The fourth-order valence-corrected chi connectivity index (χ4v) is 5.49. The molecule has 11 heteroatoms. The van der Waals surface area contributed by atoms with Gasteiger partial charge in [-0.05, 0) is 34.9 Å². The van der Waals surface area contributed by atoms with Crippen LogP contribution in [0.15, 0.2) is 67.0 Å². The van der Waals surface area contributed by atoms with Crippen LogP contribution in [0.5, 0.6) is 0 Å². The van der Waals surface area contributed by atoms with Crippen molar-refractivity contribution in [2.75, 3.05) is 37.6 Å². The van der Waals surface area contributed by atoms with Crippen molar-refractivity contribution >= 4 is 65.0 Å². The molecule has 42 heavy (non-hydrogen) atoms. The fraction of sp³-hybridized carbons (Fsp3) is 0.323. The van der Waals surface area contributed by atoms with Gasteiger partial charge in [-0.3, -0.25) is 9.59 Å². The molecule has 5 rings (SSSR count). The third kappa shape index (κ3) is 7.55. The number of H-pyrrole nitrogens is 1. The Bertz CT molecular complexity index is 1500. The standard InChI is InChI=1S/C31H35ClN6O2.2ClH/c1-20(2)35-19-27(22-6-8-24(32)9-7-22)31(40)38-14-12-37(13-15-38)29-25-10-11-34-30(25)36-18-26(29)23-5-3-4-21(16-23)17-28(33)39;;/h3-11,16,18,20,27,35H,12-15,17,19H2,1-2H3,(H2,33,39)(H,34,36);2*1H/t27-;;/m1../s1. The lowest BCUT2D eigenvalue weighted by molar-refractivity contribution is -0.133. The van der Waals surface area contributed by atoms with Crippen LogP contribution in [-0.4, -0.2) is 65.4 Å². The van der Waals surface area contributed by atoms with E-state index in [1.54, 1.807) is 0 Å². The minimum atomic E-state index is -0.363. The molecule has 1 atom stereocenters. The lowest BCUT2D eigenvalue weighted by Gasteiger charge is -2.38. The quantitative estimate of drug-likeness (QED) is 0.236. The maximum Gasteiger partial charge on any atom is 0.231 e. The molecule has 8 nitrogen and oxygen atoms in total. The number of aromatic amines is 1.